The van der Waals surface area contributed by atoms with Crippen LogP contribution in [-0.4, -0.2) is 36.5 Å². The molecule has 190 valence electrons. The monoisotopic (exact) mass is 561 g/mol. The highest BCUT2D eigenvalue weighted by Crippen LogP contribution is 2.56. The lowest BCUT2D eigenvalue weighted by molar-refractivity contribution is -0.0222. The number of rotatable bonds is 4. The van der Waals surface area contributed by atoms with Gasteiger partial charge in [0, 0.05) is 42.4 Å². The third kappa shape index (κ3) is 4.51. The summed E-state index contributed by atoms with van der Waals surface area (Å²) in [6.07, 6.45) is 7.57. The third-order valence-corrected chi connectivity index (χ3v) is 8.44. The van der Waals surface area contributed by atoms with Gasteiger partial charge < -0.3 is 15.0 Å². The number of aromatic nitrogens is 1. The minimum absolute atomic E-state index is 0.00564. The molecule has 4 aliphatic rings. The number of allylic oxidation sites excluding steroid dienone is 2. The smallest absolute Gasteiger partial charge is 0.260 e. The Morgan fingerprint density at radius 3 is 2.56 bits per heavy atom. The predicted molar refractivity (Wildman–Crippen MR) is 135 cm³/mol. The van der Waals surface area contributed by atoms with Gasteiger partial charge in [-0.3, -0.25) is 4.79 Å². The molecule has 9 heteroatoms. The molecule has 36 heavy (non-hydrogen) atoms. The number of carbonyl (C=O) groups excluding carboxylic acids is 1. The number of piperidine rings is 1. The number of ether oxygens (including phenoxy) is 1. The first-order chi connectivity index (χ1) is 17.2. The topological polar surface area (TPSA) is 54.5 Å². The van der Waals surface area contributed by atoms with Crippen molar-refractivity contribution < 1.29 is 22.7 Å². The van der Waals surface area contributed by atoms with Crippen LogP contribution in [0.25, 0.3) is 5.57 Å². The van der Waals surface area contributed by atoms with E-state index in [1.807, 2.05) is 0 Å². The predicted octanol–water partition coefficient (Wildman–Crippen LogP) is 6.75. The van der Waals surface area contributed by atoms with E-state index in [-0.39, 0.29) is 37.3 Å². The molecule has 1 aromatic heterocycles. The highest BCUT2D eigenvalue weighted by molar-refractivity contribution is 9.10. The van der Waals surface area contributed by atoms with Crippen molar-refractivity contribution in [3.63, 3.8) is 0 Å². The summed E-state index contributed by atoms with van der Waals surface area (Å²) < 4.78 is 49.0. The maximum absolute atomic E-state index is 15.2. The molecule has 1 aromatic carbocycles. The van der Waals surface area contributed by atoms with Gasteiger partial charge in [0.05, 0.1) is 12.2 Å². The zero-order valence-electron chi connectivity index (χ0n) is 19.8. The van der Waals surface area contributed by atoms with Crippen molar-refractivity contribution >= 4 is 39.0 Å². The van der Waals surface area contributed by atoms with Crippen molar-refractivity contribution in [1.29, 1.82) is 0 Å². The van der Waals surface area contributed by atoms with Gasteiger partial charge in [-0.15, -0.1) is 0 Å². The molecule has 0 unspecified atom stereocenters. The Balaban J connectivity index is 1.31. The minimum atomic E-state index is -2.69. The van der Waals surface area contributed by atoms with Crippen LogP contribution in [0.15, 0.2) is 28.7 Å². The molecule has 2 aromatic rings. The fraction of sp³-hybridized carbons (Fsp3) is 0.481. The molecule has 5 nitrogen and oxygen atoms in total. The second-order valence-corrected chi connectivity index (χ2v) is 11.4. The van der Waals surface area contributed by atoms with Crippen molar-refractivity contribution in [3.8, 4) is 5.75 Å². The molecule has 1 amide bonds. The number of nitrogens with one attached hydrogen (secondary N) is 1. The Morgan fingerprint density at radius 1 is 1.08 bits per heavy atom. The lowest BCUT2D eigenvalue weighted by atomic mass is 9.83. The maximum atomic E-state index is 15.2. The summed E-state index contributed by atoms with van der Waals surface area (Å²) >= 11 is 3.38. The fourth-order valence-corrected chi connectivity index (χ4v) is 5.99. The number of carbonyl (C=O) groups is 1. The van der Waals surface area contributed by atoms with Crippen LogP contribution in [0.1, 0.15) is 66.4 Å². The van der Waals surface area contributed by atoms with E-state index in [0.29, 0.717) is 40.0 Å². The van der Waals surface area contributed by atoms with Crippen LogP contribution in [0.4, 0.5) is 24.8 Å². The molecule has 1 N–H and O–H groups in total. The van der Waals surface area contributed by atoms with Crippen LogP contribution in [0.5, 0.6) is 5.75 Å². The Kier molecular flexibility index (Phi) is 5.81. The number of hydrogen-bond donors (Lipinski definition) is 1. The fourth-order valence-electron chi connectivity index (χ4n) is 5.56. The lowest BCUT2D eigenvalue weighted by Crippen LogP contribution is -2.40. The molecular weight excluding hydrogens is 535 g/mol. The van der Waals surface area contributed by atoms with Gasteiger partial charge in [-0.05, 0) is 66.9 Å². The first-order valence-corrected chi connectivity index (χ1v) is 13.3. The van der Waals surface area contributed by atoms with Gasteiger partial charge in [0.1, 0.15) is 11.6 Å². The number of pyridine rings is 1. The Hall–Kier alpha value is -2.55. The first-order valence-electron chi connectivity index (χ1n) is 12.5. The molecule has 2 aliphatic heterocycles. The number of benzene rings is 1. The standard InChI is InChI=1S/C27H27BrF3N3O2/c28-18-14-19(16-1-4-26(5-2-16)6-7-26)22(20(29)15-18)25(35)33-21-13-17-3-12-36-23(17)24(32-21)34-10-8-27(30,31)9-11-34/h1,13-15H,2-12H2,(H,32,33,35). The van der Waals surface area contributed by atoms with Crippen LogP contribution >= 0.6 is 15.9 Å². The van der Waals surface area contributed by atoms with E-state index in [1.54, 1.807) is 17.0 Å². The lowest BCUT2D eigenvalue weighted by Gasteiger charge is -2.33. The number of hydrogen-bond acceptors (Lipinski definition) is 4. The van der Waals surface area contributed by atoms with E-state index in [2.05, 4.69) is 32.3 Å². The minimum Gasteiger partial charge on any atom is -0.489 e. The second-order valence-electron chi connectivity index (χ2n) is 10.5. The van der Waals surface area contributed by atoms with E-state index >= 15 is 4.39 Å². The molecule has 6 rings (SSSR count). The van der Waals surface area contributed by atoms with E-state index in [9.17, 15) is 13.6 Å². The number of alkyl halides is 2. The Labute approximate surface area is 216 Å². The highest BCUT2D eigenvalue weighted by Gasteiger charge is 2.43. The number of halogens is 4. The van der Waals surface area contributed by atoms with Gasteiger partial charge >= 0.3 is 0 Å². The number of fused-ring (bicyclic) bond motifs is 1. The maximum Gasteiger partial charge on any atom is 0.260 e. The first kappa shape index (κ1) is 23.8. The average Bonchev–Trinajstić information content (AvgIpc) is 3.40. The van der Waals surface area contributed by atoms with Gasteiger partial charge in [0.2, 0.25) is 0 Å². The molecule has 3 heterocycles. The van der Waals surface area contributed by atoms with Crippen molar-refractivity contribution in [2.75, 3.05) is 29.9 Å². The third-order valence-electron chi connectivity index (χ3n) is 7.98. The molecular formula is C27H27BrF3N3O2. The second kappa shape index (κ2) is 8.78. The van der Waals surface area contributed by atoms with Crippen LogP contribution in [0.3, 0.4) is 0 Å². The van der Waals surface area contributed by atoms with Gasteiger partial charge in [-0.25, -0.2) is 18.2 Å². The number of anilines is 2. The summed E-state index contributed by atoms with van der Waals surface area (Å²) in [5, 5.41) is 2.79. The zero-order valence-corrected chi connectivity index (χ0v) is 21.4. The summed E-state index contributed by atoms with van der Waals surface area (Å²) in [4.78, 5) is 19.8. The summed E-state index contributed by atoms with van der Waals surface area (Å²) in [6.45, 7) is 0.759. The van der Waals surface area contributed by atoms with Crippen molar-refractivity contribution in [2.24, 2.45) is 5.41 Å². The van der Waals surface area contributed by atoms with Gasteiger partial charge in [0.15, 0.2) is 11.6 Å². The van der Waals surface area contributed by atoms with Crippen LogP contribution in [-0.2, 0) is 6.42 Å². The molecule has 0 radical (unpaired) electrons. The molecule has 0 atom stereocenters. The van der Waals surface area contributed by atoms with Gasteiger partial charge in [0.25, 0.3) is 11.8 Å². The van der Waals surface area contributed by atoms with Crippen molar-refractivity contribution in [1.82, 2.24) is 4.98 Å². The summed E-state index contributed by atoms with van der Waals surface area (Å²) in [5.74, 6) is -2.57. The summed E-state index contributed by atoms with van der Waals surface area (Å²) in [5.41, 5.74) is 2.85. The SMILES string of the molecule is O=C(Nc1cc2c(c(N3CCC(F)(F)CC3)n1)OCC2)c1c(F)cc(Br)cc1C1=CCC2(CC1)CC2. The molecule has 1 spiro atoms. The molecule has 2 fully saturated rings. The van der Waals surface area contributed by atoms with Crippen LogP contribution in [0.2, 0.25) is 0 Å². The average molecular weight is 562 g/mol. The summed E-state index contributed by atoms with van der Waals surface area (Å²) in [6, 6.07) is 4.83. The van der Waals surface area contributed by atoms with Crippen molar-refractivity contribution in [3.05, 3.63) is 51.3 Å². The Morgan fingerprint density at radius 2 is 1.86 bits per heavy atom. The van der Waals surface area contributed by atoms with E-state index in [0.717, 1.165) is 30.4 Å². The van der Waals surface area contributed by atoms with Gasteiger partial charge in [-0.1, -0.05) is 22.0 Å². The van der Waals surface area contributed by atoms with Gasteiger partial charge in [-0.2, -0.15) is 0 Å². The highest BCUT2D eigenvalue weighted by atomic mass is 79.9. The Bertz CT molecular complexity index is 1270. The summed E-state index contributed by atoms with van der Waals surface area (Å²) in [7, 11) is 0. The number of nitrogens with zero attached hydrogens (tertiary/aromatic N) is 2. The van der Waals surface area contributed by atoms with Crippen LogP contribution in [0, 0.1) is 11.2 Å². The molecule has 2 aliphatic carbocycles. The van der Waals surface area contributed by atoms with Crippen LogP contribution < -0.4 is 15.0 Å². The van der Waals surface area contributed by atoms with E-state index in [4.69, 9.17) is 4.74 Å². The molecule has 1 saturated carbocycles. The normalized spacial score (nSPS) is 21.6. The number of amides is 1. The quantitative estimate of drug-likeness (QED) is 0.448. The van der Waals surface area contributed by atoms with E-state index < -0.39 is 17.6 Å². The largest absolute Gasteiger partial charge is 0.489 e. The van der Waals surface area contributed by atoms with E-state index in [1.165, 1.54) is 18.9 Å². The molecule has 1 saturated heterocycles. The van der Waals surface area contributed by atoms with Crippen molar-refractivity contribution in [2.45, 2.75) is 57.3 Å². The molecule has 0 bridgehead atoms. The zero-order chi connectivity index (χ0) is 25.1.